The van der Waals surface area contributed by atoms with E-state index in [9.17, 15) is 4.79 Å². The van der Waals surface area contributed by atoms with Crippen molar-refractivity contribution >= 4 is 11.6 Å². The Kier molecular flexibility index (Phi) is 3.66. The maximum atomic E-state index is 12.2. The zero-order valence-electron chi connectivity index (χ0n) is 11.7. The minimum absolute atomic E-state index is 0.00443. The third kappa shape index (κ3) is 2.29. The third-order valence-electron chi connectivity index (χ3n) is 4.17. The Bertz CT molecular complexity index is 703. The Morgan fingerprint density at radius 1 is 1.10 bits per heavy atom. The highest BCUT2D eigenvalue weighted by Gasteiger charge is 2.12. The molecule has 1 aliphatic carbocycles. The summed E-state index contributed by atoms with van der Waals surface area (Å²) in [5.74, 6) is 0.261. The van der Waals surface area contributed by atoms with Gasteiger partial charge in [0.05, 0.1) is 11.6 Å². The molecule has 2 aromatic rings. The Morgan fingerprint density at radius 2 is 1.85 bits per heavy atom. The Morgan fingerprint density at radius 3 is 2.60 bits per heavy atom. The van der Waals surface area contributed by atoms with Gasteiger partial charge in [-0.25, -0.2) is 0 Å². The highest BCUT2D eigenvalue weighted by molar-refractivity contribution is 6.17. The molecule has 0 fully saturated rings. The van der Waals surface area contributed by atoms with Crippen molar-refractivity contribution in [1.29, 1.82) is 0 Å². The van der Waals surface area contributed by atoms with Crippen molar-refractivity contribution in [3.63, 3.8) is 0 Å². The van der Waals surface area contributed by atoms with E-state index in [1.807, 2.05) is 19.2 Å². The molecule has 0 bridgehead atoms. The van der Waals surface area contributed by atoms with Crippen molar-refractivity contribution in [3.05, 3.63) is 57.4 Å². The van der Waals surface area contributed by atoms with Gasteiger partial charge in [0.25, 0.3) is 5.56 Å². The van der Waals surface area contributed by atoms with Crippen molar-refractivity contribution < 1.29 is 0 Å². The molecule has 104 valence electrons. The molecule has 1 aliphatic rings. The van der Waals surface area contributed by atoms with E-state index in [0.717, 1.165) is 17.7 Å². The number of alkyl halides is 1. The van der Waals surface area contributed by atoms with Gasteiger partial charge in [0.2, 0.25) is 0 Å². The van der Waals surface area contributed by atoms with Crippen LogP contribution >= 0.6 is 11.6 Å². The van der Waals surface area contributed by atoms with Gasteiger partial charge in [-0.05, 0) is 54.5 Å². The summed E-state index contributed by atoms with van der Waals surface area (Å²) in [5, 5.41) is 0. The molecule has 1 aromatic heterocycles. The minimum Gasteiger partial charge on any atom is -0.311 e. The number of hydrogen-bond acceptors (Lipinski definition) is 1. The lowest BCUT2D eigenvalue weighted by molar-refractivity contribution is 0.685. The van der Waals surface area contributed by atoms with E-state index in [1.165, 1.54) is 30.4 Å². The van der Waals surface area contributed by atoms with Crippen LogP contribution in [0.1, 0.15) is 29.5 Å². The van der Waals surface area contributed by atoms with Gasteiger partial charge >= 0.3 is 0 Å². The van der Waals surface area contributed by atoms with E-state index >= 15 is 0 Å². The molecule has 0 atom stereocenters. The average molecular weight is 288 g/mol. The number of aryl methyl sites for hydroxylation is 2. The van der Waals surface area contributed by atoms with Crippen LogP contribution in [0.5, 0.6) is 0 Å². The van der Waals surface area contributed by atoms with Crippen molar-refractivity contribution in [2.24, 2.45) is 7.05 Å². The van der Waals surface area contributed by atoms with Crippen LogP contribution in [0.15, 0.2) is 35.1 Å². The summed E-state index contributed by atoms with van der Waals surface area (Å²) in [7, 11) is 1.81. The van der Waals surface area contributed by atoms with Crippen LogP contribution in [0.2, 0.25) is 0 Å². The zero-order chi connectivity index (χ0) is 14.1. The summed E-state index contributed by atoms with van der Waals surface area (Å²) in [4.78, 5) is 12.2. The average Bonchev–Trinajstić information content (AvgIpc) is 2.49. The molecule has 0 amide bonds. The van der Waals surface area contributed by atoms with Crippen molar-refractivity contribution in [2.45, 2.75) is 31.6 Å². The third-order valence-corrected chi connectivity index (χ3v) is 4.46. The molecule has 1 aromatic carbocycles. The Labute approximate surface area is 124 Å². The lowest BCUT2D eigenvalue weighted by atomic mass is 9.90. The second kappa shape index (κ2) is 5.45. The first kappa shape index (κ1) is 13.4. The van der Waals surface area contributed by atoms with E-state index in [1.54, 1.807) is 4.57 Å². The van der Waals surface area contributed by atoms with Gasteiger partial charge in [-0.2, -0.15) is 0 Å². The number of benzene rings is 1. The lowest BCUT2D eigenvalue weighted by Crippen LogP contribution is -2.21. The number of halogens is 1. The molecule has 1 heterocycles. The maximum Gasteiger partial charge on any atom is 0.255 e. The highest BCUT2D eigenvalue weighted by atomic mass is 35.5. The highest BCUT2D eigenvalue weighted by Crippen LogP contribution is 2.27. The molecule has 3 rings (SSSR count). The number of aromatic nitrogens is 1. The summed E-state index contributed by atoms with van der Waals surface area (Å²) in [6, 6.07) is 10.4. The van der Waals surface area contributed by atoms with Gasteiger partial charge in [-0.1, -0.05) is 18.2 Å². The normalized spacial score (nSPS) is 14.1. The smallest absolute Gasteiger partial charge is 0.255 e. The number of pyridine rings is 1. The van der Waals surface area contributed by atoms with E-state index in [-0.39, 0.29) is 11.4 Å². The first-order valence-corrected chi connectivity index (χ1v) is 7.61. The largest absolute Gasteiger partial charge is 0.311 e. The fourth-order valence-electron chi connectivity index (χ4n) is 2.97. The van der Waals surface area contributed by atoms with Gasteiger partial charge < -0.3 is 4.57 Å². The van der Waals surface area contributed by atoms with Crippen LogP contribution in [0, 0.1) is 0 Å². The molecule has 0 saturated carbocycles. The van der Waals surface area contributed by atoms with Gasteiger partial charge in [0.15, 0.2) is 0 Å². The SMILES string of the molecule is Cn1c(-c2ccc3c(c2)CCCC3)ccc(CCl)c1=O. The standard InChI is InChI=1S/C17H18ClNO/c1-19-16(9-8-15(11-18)17(19)20)14-7-6-12-4-2-3-5-13(12)10-14/h6-10H,2-5,11H2,1H3. The quantitative estimate of drug-likeness (QED) is 0.773. The molecule has 0 radical (unpaired) electrons. The predicted octanol–water partition coefficient (Wildman–Crippen LogP) is 3.67. The first-order chi connectivity index (χ1) is 9.70. The molecule has 0 saturated heterocycles. The number of hydrogen-bond donors (Lipinski definition) is 0. The number of rotatable bonds is 2. The minimum atomic E-state index is -0.00443. The summed E-state index contributed by atoms with van der Waals surface area (Å²) in [6.45, 7) is 0. The van der Waals surface area contributed by atoms with Gasteiger partial charge in [-0.3, -0.25) is 4.79 Å². The molecule has 20 heavy (non-hydrogen) atoms. The zero-order valence-corrected chi connectivity index (χ0v) is 12.4. The first-order valence-electron chi connectivity index (χ1n) is 7.08. The summed E-state index contributed by atoms with van der Waals surface area (Å²) >= 11 is 5.78. The van der Waals surface area contributed by atoms with Crippen molar-refractivity contribution in [3.8, 4) is 11.3 Å². The Balaban J connectivity index is 2.09. The number of nitrogens with zero attached hydrogens (tertiary/aromatic N) is 1. The summed E-state index contributed by atoms with van der Waals surface area (Å²) < 4.78 is 1.70. The predicted molar refractivity (Wildman–Crippen MR) is 83.3 cm³/mol. The van der Waals surface area contributed by atoms with E-state index in [2.05, 4.69) is 18.2 Å². The van der Waals surface area contributed by atoms with Crippen LogP contribution in [0.25, 0.3) is 11.3 Å². The fraction of sp³-hybridized carbons (Fsp3) is 0.353. The van der Waals surface area contributed by atoms with Crippen LogP contribution in [0.3, 0.4) is 0 Å². The van der Waals surface area contributed by atoms with Gasteiger partial charge in [0.1, 0.15) is 0 Å². The van der Waals surface area contributed by atoms with E-state index in [0.29, 0.717) is 5.56 Å². The molecule has 0 N–H and O–H groups in total. The van der Waals surface area contributed by atoms with Crippen LogP contribution in [0.4, 0.5) is 0 Å². The van der Waals surface area contributed by atoms with Crippen LogP contribution < -0.4 is 5.56 Å². The van der Waals surface area contributed by atoms with Crippen LogP contribution in [-0.4, -0.2) is 4.57 Å². The van der Waals surface area contributed by atoms with Gasteiger partial charge in [0, 0.05) is 12.6 Å². The molecular formula is C17H18ClNO. The Hall–Kier alpha value is -1.54. The molecule has 2 nitrogen and oxygen atoms in total. The molecule has 0 spiro atoms. The van der Waals surface area contributed by atoms with E-state index in [4.69, 9.17) is 11.6 Å². The molecule has 0 aliphatic heterocycles. The number of fused-ring (bicyclic) bond motifs is 1. The summed E-state index contributed by atoms with van der Waals surface area (Å²) in [6.07, 6.45) is 4.88. The summed E-state index contributed by atoms with van der Waals surface area (Å²) in [5.41, 5.74) is 5.61. The van der Waals surface area contributed by atoms with Gasteiger partial charge in [-0.15, -0.1) is 11.6 Å². The second-order valence-corrected chi connectivity index (χ2v) is 5.70. The van der Waals surface area contributed by atoms with Crippen molar-refractivity contribution in [1.82, 2.24) is 4.57 Å². The molecular weight excluding hydrogens is 270 g/mol. The second-order valence-electron chi connectivity index (χ2n) is 5.43. The topological polar surface area (TPSA) is 22.0 Å². The monoisotopic (exact) mass is 287 g/mol. The lowest BCUT2D eigenvalue weighted by Gasteiger charge is -2.17. The van der Waals surface area contributed by atoms with Crippen molar-refractivity contribution in [2.75, 3.05) is 0 Å². The molecule has 3 heteroatoms. The molecule has 0 unspecified atom stereocenters. The fourth-order valence-corrected chi connectivity index (χ4v) is 3.18. The maximum absolute atomic E-state index is 12.2. The van der Waals surface area contributed by atoms with E-state index < -0.39 is 0 Å². The van der Waals surface area contributed by atoms with Crippen LogP contribution in [-0.2, 0) is 25.8 Å².